The molecule has 27 heavy (non-hydrogen) atoms. The Morgan fingerprint density at radius 1 is 1.37 bits per heavy atom. The highest BCUT2D eigenvalue weighted by Crippen LogP contribution is 2.24. The Morgan fingerprint density at radius 3 is 2.96 bits per heavy atom. The molecule has 0 unspecified atom stereocenters. The molecular weight excluding hydrogens is 360 g/mol. The van der Waals surface area contributed by atoms with Crippen molar-refractivity contribution < 1.29 is 4.79 Å². The van der Waals surface area contributed by atoms with Crippen LogP contribution in [-0.4, -0.2) is 45.1 Å². The van der Waals surface area contributed by atoms with E-state index in [0.717, 1.165) is 50.3 Å². The van der Waals surface area contributed by atoms with E-state index in [4.69, 9.17) is 0 Å². The maximum atomic E-state index is 12.5. The zero-order valence-electron chi connectivity index (χ0n) is 15.5. The molecule has 4 heterocycles. The fourth-order valence-electron chi connectivity index (χ4n) is 3.53. The summed E-state index contributed by atoms with van der Waals surface area (Å²) in [5, 5.41) is 9.48. The lowest BCUT2D eigenvalue weighted by Gasteiger charge is -2.33. The minimum atomic E-state index is 0.0864. The molecule has 0 aliphatic carbocycles. The molecule has 0 aromatic carbocycles. The largest absolute Gasteiger partial charge is 0.356 e. The summed E-state index contributed by atoms with van der Waals surface area (Å²) in [5.74, 6) is 1.92. The molecule has 3 aromatic rings. The number of carbonyl (C=O) groups excluding carboxylic acids is 1. The Balaban J connectivity index is 1.35. The molecule has 0 bridgehead atoms. The van der Waals surface area contributed by atoms with Gasteiger partial charge >= 0.3 is 0 Å². The van der Waals surface area contributed by atoms with Crippen LogP contribution in [0.2, 0.25) is 0 Å². The quantitative estimate of drug-likeness (QED) is 0.706. The third kappa shape index (κ3) is 3.95. The molecule has 1 N–H and O–H groups in total. The van der Waals surface area contributed by atoms with E-state index in [-0.39, 0.29) is 11.8 Å². The lowest BCUT2D eigenvalue weighted by Crippen LogP contribution is -2.41. The fraction of sp³-hybridized carbons (Fsp3) is 0.474. The van der Waals surface area contributed by atoms with Crippen molar-refractivity contribution in [2.75, 3.05) is 24.5 Å². The van der Waals surface area contributed by atoms with Gasteiger partial charge in [-0.05, 0) is 37.1 Å². The number of piperidine rings is 1. The van der Waals surface area contributed by atoms with Crippen LogP contribution in [0.5, 0.6) is 0 Å². The summed E-state index contributed by atoms with van der Waals surface area (Å²) in [7, 11) is 0. The van der Waals surface area contributed by atoms with Crippen LogP contribution in [0.4, 0.5) is 5.82 Å². The highest BCUT2D eigenvalue weighted by atomic mass is 32.1. The van der Waals surface area contributed by atoms with Gasteiger partial charge in [-0.3, -0.25) is 4.79 Å². The van der Waals surface area contributed by atoms with Crippen molar-refractivity contribution in [3.63, 3.8) is 0 Å². The monoisotopic (exact) mass is 384 g/mol. The van der Waals surface area contributed by atoms with E-state index >= 15 is 0 Å². The molecule has 142 valence electrons. The van der Waals surface area contributed by atoms with E-state index in [0.29, 0.717) is 12.3 Å². The number of amides is 1. The van der Waals surface area contributed by atoms with Crippen LogP contribution in [0.1, 0.15) is 30.3 Å². The van der Waals surface area contributed by atoms with Crippen LogP contribution in [-0.2, 0) is 17.6 Å². The number of nitrogens with zero attached hydrogens (tertiary/aromatic N) is 5. The third-order valence-corrected chi connectivity index (χ3v) is 6.02. The molecule has 1 saturated heterocycles. The highest BCUT2D eigenvalue weighted by molar-refractivity contribution is 7.09. The first-order valence-electron chi connectivity index (χ1n) is 9.49. The van der Waals surface area contributed by atoms with Crippen molar-refractivity contribution in [2.24, 2.45) is 5.92 Å². The smallest absolute Gasteiger partial charge is 0.254 e. The van der Waals surface area contributed by atoms with Gasteiger partial charge in [-0.25, -0.2) is 4.98 Å². The van der Waals surface area contributed by atoms with Crippen molar-refractivity contribution in [1.82, 2.24) is 24.9 Å². The number of thiophene rings is 1. The van der Waals surface area contributed by atoms with Crippen LogP contribution in [0.15, 0.2) is 29.9 Å². The first-order valence-corrected chi connectivity index (χ1v) is 10.4. The number of hydrogen-bond acceptors (Lipinski definition) is 6. The third-order valence-electron chi connectivity index (χ3n) is 5.09. The summed E-state index contributed by atoms with van der Waals surface area (Å²) >= 11 is 1.74. The number of aromatic nitrogens is 4. The molecule has 0 saturated carbocycles. The van der Waals surface area contributed by atoms with Gasteiger partial charge in [0.05, 0.1) is 0 Å². The van der Waals surface area contributed by atoms with Crippen LogP contribution >= 0.6 is 11.3 Å². The average Bonchev–Trinajstić information content (AvgIpc) is 3.39. The molecule has 1 aliphatic rings. The molecule has 0 spiro atoms. The number of fused-ring (bicyclic) bond motifs is 1. The molecule has 1 amide bonds. The van der Waals surface area contributed by atoms with E-state index in [9.17, 15) is 4.79 Å². The first-order chi connectivity index (χ1) is 13.2. The standard InChI is InChI=1S/C19H24N6OS/c1-2-15-12-17(25-19(23-15)21-13-22-25)24-9-6-14(7-10-24)18(26)20-8-5-16-4-3-11-27-16/h3-4,11-14H,2,5-10H2,1H3,(H,20,26). The second-order valence-corrected chi connectivity index (χ2v) is 7.85. The van der Waals surface area contributed by atoms with Gasteiger partial charge < -0.3 is 10.2 Å². The zero-order valence-corrected chi connectivity index (χ0v) is 16.3. The topological polar surface area (TPSA) is 75.4 Å². The van der Waals surface area contributed by atoms with Gasteiger partial charge in [0.1, 0.15) is 12.1 Å². The Kier molecular flexibility index (Phi) is 5.33. The van der Waals surface area contributed by atoms with Gasteiger partial charge in [0.25, 0.3) is 5.78 Å². The Morgan fingerprint density at radius 2 is 2.22 bits per heavy atom. The summed E-state index contributed by atoms with van der Waals surface area (Å²) in [6, 6.07) is 6.25. The average molecular weight is 385 g/mol. The van der Waals surface area contributed by atoms with Crippen molar-refractivity contribution in [3.05, 3.63) is 40.5 Å². The molecular formula is C19H24N6OS. The van der Waals surface area contributed by atoms with Crippen LogP contribution < -0.4 is 10.2 Å². The minimum Gasteiger partial charge on any atom is -0.356 e. The van der Waals surface area contributed by atoms with E-state index in [2.05, 4.69) is 49.7 Å². The summed E-state index contributed by atoms with van der Waals surface area (Å²) < 4.78 is 1.79. The molecule has 7 nitrogen and oxygen atoms in total. The van der Waals surface area contributed by atoms with E-state index in [1.807, 2.05) is 6.07 Å². The second kappa shape index (κ2) is 8.04. The van der Waals surface area contributed by atoms with Crippen molar-refractivity contribution in [2.45, 2.75) is 32.6 Å². The Hall–Kier alpha value is -2.48. The number of rotatable bonds is 6. The van der Waals surface area contributed by atoms with E-state index < -0.39 is 0 Å². The zero-order chi connectivity index (χ0) is 18.6. The molecule has 8 heteroatoms. The molecule has 4 rings (SSSR count). The number of carbonyl (C=O) groups is 1. The van der Waals surface area contributed by atoms with Crippen LogP contribution in [0.25, 0.3) is 5.78 Å². The molecule has 1 aliphatic heterocycles. The van der Waals surface area contributed by atoms with E-state index in [1.165, 1.54) is 4.88 Å². The maximum Gasteiger partial charge on any atom is 0.254 e. The molecule has 3 aromatic heterocycles. The van der Waals surface area contributed by atoms with Crippen LogP contribution in [0.3, 0.4) is 0 Å². The Labute approximate surface area is 162 Å². The second-order valence-electron chi connectivity index (χ2n) is 6.81. The SMILES string of the molecule is CCc1cc(N2CCC(C(=O)NCCc3cccs3)CC2)n2ncnc2n1. The van der Waals surface area contributed by atoms with Gasteiger partial charge in [0.2, 0.25) is 5.91 Å². The van der Waals surface area contributed by atoms with Gasteiger partial charge in [0, 0.05) is 42.2 Å². The predicted octanol–water partition coefficient (Wildman–Crippen LogP) is 2.32. The van der Waals surface area contributed by atoms with Gasteiger partial charge in [-0.2, -0.15) is 14.6 Å². The van der Waals surface area contributed by atoms with E-state index in [1.54, 1.807) is 22.2 Å². The molecule has 1 fully saturated rings. The number of anilines is 1. The molecule has 0 atom stereocenters. The first kappa shape index (κ1) is 17.9. The summed E-state index contributed by atoms with van der Waals surface area (Å²) in [6.45, 7) is 4.48. The van der Waals surface area contributed by atoms with Crippen molar-refractivity contribution >= 4 is 28.8 Å². The lowest BCUT2D eigenvalue weighted by atomic mass is 9.96. The summed E-state index contributed by atoms with van der Waals surface area (Å²) in [5.41, 5.74) is 1.01. The minimum absolute atomic E-state index is 0.0864. The van der Waals surface area contributed by atoms with Gasteiger partial charge in [-0.15, -0.1) is 11.3 Å². The number of nitrogens with one attached hydrogen (secondary N) is 1. The van der Waals surface area contributed by atoms with Gasteiger partial charge in [0.15, 0.2) is 0 Å². The predicted molar refractivity (Wildman–Crippen MR) is 106 cm³/mol. The fourth-order valence-corrected chi connectivity index (χ4v) is 4.24. The van der Waals surface area contributed by atoms with Crippen molar-refractivity contribution in [1.29, 1.82) is 0 Å². The number of hydrogen-bond donors (Lipinski definition) is 1. The highest BCUT2D eigenvalue weighted by Gasteiger charge is 2.26. The lowest BCUT2D eigenvalue weighted by molar-refractivity contribution is -0.125. The van der Waals surface area contributed by atoms with Crippen molar-refractivity contribution in [3.8, 4) is 0 Å². The number of aryl methyl sites for hydroxylation is 1. The summed E-state index contributed by atoms with van der Waals surface area (Å²) in [4.78, 5) is 24.8. The normalized spacial score (nSPS) is 15.4. The van der Waals surface area contributed by atoms with Gasteiger partial charge in [-0.1, -0.05) is 13.0 Å². The molecule has 0 radical (unpaired) electrons. The Bertz CT molecular complexity index is 898. The summed E-state index contributed by atoms with van der Waals surface area (Å²) in [6.07, 6.45) is 5.01. The maximum absolute atomic E-state index is 12.5. The van der Waals surface area contributed by atoms with Crippen LogP contribution in [0, 0.1) is 5.92 Å².